The van der Waals surface area contributed by atoms with Crippen LogP contribution in [0, 0.1) is 0 Å². The van der Waals surface area contributed by atoms with Crippen molar-refractivity contribution in [1.29, 1.82) is 0 Å². The van der Waals surface area contributed by atoms with Crippen molar-refractivity contribution in [3.63, 3.8) is 0 Å². The lowest BCUT2D eigenvalue weighted by atomic mass is 10.2. The molecule has 1 saturated carbocycles. The maximum Gasteiger partial charge on any atom is 0.204 e. The van der Waals surface area contributed by atoms with Gasteiger partial charge in [-0.05, 0) is 19.3 Å². The fourth-order valence-electron chi connectivity index (χ4n) is 2.85. The molecule has 0 aromatic carbocycles. The first-order valence-electron chi connectivity index (χ1n) is 8.67. The highest BCUT2D eigenvalue weighted by molar-refractivity contribution is 5.51. The Morgan fingerprint density at radius 2 is 2.17 bits per heavy atom. The smallest absolute Gasteiger partial charge is 0.204 e. The Morgan fingerprint density at radius 1 is 1.29 bits per heavy atom. The molecule has 126 valence electrons. The number of hydrogen-bond acceptors (Lipinski definition) is 5. The summed E-state index contributed by atoms with van der Waals surface area (Å²) in [4.78, 5) is 4.72. The van der Waals surface area contributed by atoms with Crippen LogP contribution in [-0.4, -0.2) is 29.7 Å². The van der Waals surface area contributed by atoms with Crippen molar-refractivity contribution in [3.05, 3.63) is 29.8 Å². The average Bonchev–Trinajstić information content (AvgIpc) is 2.98. The van der Waals surface area contributed by atoms with Crippen molar-refractivity contribution in [2.24, 2.45) is 7.05 Å². The van der Waals surface area contributed by atoms with E-state index in [1.807, 2.05) is 23.9 Å². The molecule has 3 aromatic heterocycles. The predicted octanol–water partition coefficient (Wildman–Crippen LogP) is 3.27. The quantitative estimate of drug-likeness (QED) is 0.623. The van der Waals surface area contributed by atoms with Crippen molar-refractivity contribution in [2.75, 3.05) is 0 Å². The van der Waals surface area contributed by atoms with Crippen LogP contribution >= 0.6 is 0 Å². The molecule has 0 aliphatic heterocycles. The number of aromatic nitrogens is 6. The number of nitrogens with zero attached hydrogens (tertiary/aromatic N) is 6. The highest BCUT2D eigenvalue weighted by Gasteiger charge is 2.28. The molecular weight excluding hydrogens is 304 g/mol. The SMILES string of the molecule is CCCCCc1nc(-c2cc(C3CC3)no2)n(-c2ccnn2C)n1. The van der Waals surface area contributed by atoms with Crippen LogP contribution in [0.5, 0.6) is 0 Å². The standard InChI is InChI=1S/C17H22N6O/c1-3-4-5-6-15-19-17(14-11-13(21-24-14)12-7-8-12)23(20-15)16-9-10-18-22(16)2/h9-12H,3-8H2,1-2H3. The Labute approximate surface area is 140 Å². The molecule has 1 aliphatic rings. The van der Waals surface area contributed by atoms with Gasteiger partial charge < -0.3 is 4.52 Å². The van der Waals surface area contributed by atoms with Crippen LogP contribution in [0.3, 0.4) is 0 Å². The summed E-state index contributed by atoms with van der Waals surface area (Å²) >= 11 is 0. The molecule has 0 atom stereocenters. The van der Waals surface area contributed by atoms with Crippen LogP contribution in [-0.2, 0) is 13.5 Å². The molecule has 0 unspecified atom stereocenters. The molecule has 7 nitrogen and oxygen atoms in total. The van der Waals surface area contributed by atoms with Gasteiger partial charge in [-0.1, -0.05) is 24.9 Å². The van der Waals surface area contributed by atoms with Gasteiger partial charge in [-0.2, -0.15) is 9.78 Å². The van der Waals surface area contributed by atoms with Crippen molar-refractivity contribution >= 4 is 0 Å². The van der Waals surface area contributed by atoms with Gasteiger partial charge in [0.05, 0.1) is 11.9 Å². The van der Waals surface area contributed by atoms with Gasteiger partial charge in [0, 0.05) is 31.5 Å². The molecular formula is C17H22N6O. The van der Waals surface area contributed by atoms with E-state index in [-0.39, 0.29) is 0 Å². The van der Waals surface area contributed by atoms with E-state index in [4.69, 9.17) is 9.51 Å². The van der Waals surface area contributed by atoms with Gasteiger partial charge in [-0.15, -0.1) is 5.10 Å². The minimum Gasteiger partial charge on any atom is -0.353 e. The van der Waals surface area contributed by atoms with Crippen LogP contribution in [0.1, 0.15) is 56.5 Å². The number of unbranched alkanes of at least 4 members (excludes halogenated alkanes) is 2. The molecule has 0 radical (unpaired) electrons. The van der Waals surface area contributed by atoms with E-state index in [2.05, 4.69) is 22.3 Å². The summed E-state index contributed by atoms with van der Waals surface area (Å²) in [5, 5.41) is 13.1. The van der Waals surface area contributed by atoms with E-state index in [0.29, 0.717) is 17.5 Å². The molecule has 0 amide bonds. The third-order valence-corrected chi connectivity index (χ3v) is 4.41. The van der Waals surface area contributed by atoms with Crippen LogP contribution in [0.25, 0.3) is 17.4 Å². The Bertz CT molecular complexity index is 826. The van der Waals surface area contributed by atoms with Gasteiger partial charge in [-0.25, -0.2) is 4.98 Å². The monoisotopic (exact) mass is 326 g/mol. The normalized spacial score (nSPS) is 14.4. The van der Waals surface area contributed by atoms with Crippen LogP contribution < -0.4 is 0 Å². The molecule has 0 spiro atoms. The lowest BCUT2D eigenvalue weighted by Crippen LogP contribution is -2.06. The zero-order valence-electron chi connectivity index (χ0n) is 14.1. The summed E-state index contributed by atoms with van der Waals surface area (Å²) in [5.74, 6) is 3.63. The molecule has 24 heavy (non-hydrogen) atoms. The third-order valence-electron chi connectivity index (χ3n) is 4.41. The largest absolute Gasteiger partial charge is 0.353 e. The van der Waals surface area contributed by atoms with E-state index < -0.39 is 0 Å². The van der Waals surface area contributed by atoms with Crippen LogP contribution in [0.15, 0.2) is 22.9 Å². The number of hydrogen-bond donors (Lipinski definition) is 0. The van der Waals surface area contributed by atoms with E-state index in [0.717, 1.165) is 30.2 Å². The lowest BCUT2D eigenvalue weighted by Gasteiger charge is -2.03. The summed E-state index contributed by atoms with van der Waals surface area (Å²) in [6.45, 7) is 2.20. The number of aryl methyl sites for hydroxylation is 2. The molecule has 3 aromatic rings. The van der Waals surface area contributed by atoms with E-state index >= 15 is 0 Å². The zero-order chi connectivity index (χ0) is 16.5. The van der Waals surface area contributed by atoms with Crippen LogP contribution in [0.2, 0.25) is 0 Å². The molecule has 3 heterocycles. The van der Waals surface area contributed by atoms with Gasteiger partial charge in [-0.3, -0.25) is 4.68 Å². The number of rotatable bonds is 7. The van der Waals surface area contributed by atoms with Gasteiger partial charge in [0.2, 0.25) is 11.6 Å². The van der Waals surface area contributed by atoms with Gasteiger partial charge >= 0.3 is 0 Å². The Kier molecular flexibility index (Phi) is 3.92. The molecule has 0 N–H and O–H groups in total. The maximum absolute atomic E-state index is 5.57. The summed E-state index contributed by atoms with van der Waals surface area (Å²) < 4.78 is 9.16. The van der Waals surface area contributed by atoms with E-state index in [1.54, 1.807) is 10.9 Å². The second-order valence-electron chi connectivity index (χ2n) is 6.42. The van der Waals surface area contributed by atoms with Crippen molar-refractivity contribution in [1.82, 2.24) is 29.7 Å². The molecule has 4 rings (SSSR count). The third kappa shape index (κ3) is 2.86. The molecule has 1 fully saturated rings. The fourth-order valence-corrected chi connectivity index (χ4v) is 2.85. The average molecular weight is 326 g/mol. The predicted molar refractivity (Wildman–Crippen MR) is 88.8 cm³/mol. The Morgan fingerprint density at radius 3 is 2.88 bits per heavy atom. The Balaban J connectivity index is 1.70. The summed E-state index contributed by atoms with van der Waals surface area (Å²) in [7, 11) is 1.90. The highest BCUT2D eigenvalue weighted by Crippen LogP contribution is 2.40. The Hall–Kier alpha value is -2.44. The van der Waals surface area contributed by atoms with Crippen LogP contribution in [0.4, 0.5) is 0 Å². The summed E-state index contributed by atoms with van der Waals surface area (Å²) in [6.07, 6.45) is 8.48. The minimum atomic E-state index is 0.555. The molecule has 0 bridgehead atoms. The summed E-state index contributed by atoms with van der Waals surface area (Å²) in [6, 6.07) is 3.93. The first-order valence-corrected chi connectivity index (χ1v) is 8.67. The second kappa shape index (κ2) is 6.22. The van der Waals surface area contributed by atoms with Crippen molar-refractivity contribution in [3.8, 4) is 17.4 Å². The van der Waals surface area contributed by atoms with Gasteiger partial charge in [0.15, 0.2) is 11.6 Å². The second-order valence-corrected chi connectivity index (χ2v) is 6.42. The molecule has 1 aliphatic carbocycles. The minimum absolute atomic E-state index is 0.555. The summed E-state index contributed by atoms with van der Waals surface area (Å²) in [5.41, 5.74) is 1.03. The lowest BCUT2D eigenvalue weighted by molar-refractivity contribution is 0.420. The maximum atomic E-state index is 5.57. The fraction of sp³-hybridized carbons (Fsp3) is 0.529. The topological polar surface area (TPSA) is 74.6 Å². The van der Waals surface area contributed by atoms with Crippen molar-refractivity contribution in [2.45, 2.75) is 51.4 Å². The van der Waals surface area contributed by atoms with Crippen molar-refractivity contribution < 1.29 is 4.52 Å². The first-order chi connectivity index (χ1) is 11.8. The van der Waals surface area contributed by atoms with E-state index in [1.165, 1.54) is 25.7 Å². The van der Waals surface area contributed by atoms with Gasteiger partial charge in [0.1, 0.15) is 0 Å². The van der Waals surface area contributed by atoms with E-state index in [9.17, 15) is 0 Å². The highest BCUT2D eigenvalue weighted by atomic mass is 16.5. The zero-order valence-corrected chi connectivity index (χ0v) is 14.1. The first kappa shape index (κ1) is 15.1. The molecule has 7 heteroatoms. The van der Waals surface area contributed by atoms with Gasteiger partial charge in [0.25, 0.3) is 0 Å². The molecule has 0 saturated heterocycles.